The first-order valence-electron chi connectivity index (χ1n) is 24.7. The molecular formula is C55H90O6. The largest absolute Gasteiger partial charge is 0.462 e. The number of hydrogen-bond donors (Lipinski definition) is 0. The third-order valence-electron chi connectivity index (χ3n) is 10.1. The fraction of sp³-hybridized carbons (Fsp3) is 0.655. The molecule has 6 nitrogen and oxygen atoms in total. The van der Waals surface area contributed by atoms with E-state index < -0.39 is 6.10 Å². The molecule has 0 saturated carbocycles. The topological polar surface area (TPSA) is 78.9 Å². The molecule has 6 heteroatoms. The number of unbranched alkanes of at least 4 members (excludes halogenated alkanes) is 16. The van der Waals surface area contributed by atoms with E-state index in [4.69, 9.17) is 14.2 Å². The summed E-state index contributed by atoms with van der Waals surface area (Å²) < 4.78 is 16.7. The summed E-state index contributed by atoms with van der Waals surface area (Å²) in [6.07, 6.45) is 64.0. The van der Waals surface area contributed by atoms with Gasteiger partial charge in [-0.25, -0.2) is 0 Å². The normalized spacial score (nSPS) is 12.9. The van der Waals surface area contributed by atoms with Gasteiger partial charge in [-0.1, -0.05) is 208 Å². The molecule has 0 aliphatic heterocycles. The average molecular weight is 847 g/mol. The van der Waals surface area contributed by atoms with E-state index in [1.807, 2.05) is 12.2 Å². The number of esters is 3. The molecule has 0 saturated heterocycles. The molecule has 61 heavy (non-hydrogen) atoms. The molecule has 0 amide bonds. The van der Waals surface area contributed by atoms with Crippen LogP contribution in [-0.4, -0.2) is 37.2 Å². The maximum atomic E-state index is 12.8. The Balaban J connectivity index is 4.54. The van der Waals surface area contributed by atoms with Crippen molar-refractivity contribution < 1.29 is 28.6 Å². The fourth-order valence-electron chi connectivity index (χ4n) is 6.45. The van der Waals surface area contributed by atoms with Gasteiger partial charge in [0.2, 0.25) is 0 Å². The van der Waals surface area contributed by atoms with Gasteiger partial charge in [-0.2, -0.15) is 0 Å². The molecule has 0 aliphatic rings. The number of carbonyl (C=O) groups excluding carboxylic acids is 3. The quantitative estimate of drug-likeness (QED) is 0.0263. The smallest absolute Gasteiger partial charge is 0.306 e. The van der Waals surface area contributed by atoms with Crippen molar-refractivity contribution in [2.24, 2.45) is 0 Å². The first-order chi connectivity index (χ1) is 30.0. The summed E-state index contributed by atoms with van der Waals surface area (Å²) in [5, 5.41) is 0. The summed E-state index contributed by atoms with van der Waals surface area (Å²) in [4.78, 5) is 37.9. The Hall–Kier alpha value is -3.67. The van der Waals surface area contributed by atoms with Crippen LogP contribution in [0.1, 0.15) is 213 Å². The Bertz CT molecular complexity index is 1250. The summed E-state index contributed by atoms with van der Waals surface area (Å²) in [6.45, 7) is 6.31. The van der Waals surface area contributed by atoms with Crippen molar-refractivity contribution in [1.82, 2.24) is 0 Å². The molecule has 0 N–H and O–H groups in total. The summed E-state index contributed by atoms with van der Waals surface area (Å²) in [5.74, 6) is -1.02. The lowest BCUT2D eigenvalue weighted by Crippen LogP contribution is -2.30. The van der Waals surface area contributed by atoms with Crippen LogP contribution in [0.3, 0.4) is 0 Å². The lowest BCUT2D eigenvalue weighted by molar-refractivity contribution is -0.166. The molecule has 1 atom stereocenters. The van der Waals surface area contributed by atoms with Gasteiger partial charge in [0.1, 0.15) is 13.2 Å². The molecule has 0 aromatic carbocycles. The molecular weight excluding hydrogens is 757 g/mol. The minimum atomic E-state index is -0.817. The van der Waals surface area contributed by atoms with E-state index in [0.717, 1.165) is 103 Å². The SMILES string of the molecule is CC/C=C\C/C=C\C/C=C\C/C=C\C/C=C\CCC(=O)OCC(COC(=O)CCCCCCCCCCCCCCC)OC(=O)CCCCCC/C=C\C/C=C\C/C=C\CC. The standard InChI is InChI=1S/C55H90O6/c1-4-7-10-13-16-19-22-25-27-28-31-33-36-39-42-45-48-54(57)60-51-52(50-59-53(56)47-44-41-38-35-32-29-24-21-18-15-12-9-6-3)61-55(58)49-46-43-40-37-34-30-26-23-20-17-14-11-8-5-2/h7-8,10-11,16-17,19-20,25-27,30-31,33,39,42,52H,4-6,9,12-15,18,21-24,28-29,32,34-38,40-41,43-51H2,1-3H3/b10-7-,11-8-,19-16-,20-17-,27-25-,30-26-,33-31-,42-39-. The van der Waals surface area contributed by atoms with E-state index in [9.17, 15) is 14.4 Å². The first-order valence-corrected chi connectivity index (χ1v) is 24.7. The van der Waals surface area contributed by atoms with E-state index in [2.05, 4.69) is 106 Å². The zero-order chi connectivity index (χ0) is 44.4. The Morgan fingerprint density at radius 1 is 0.344 bits per heavy atom. The summed E-state index contributed by atoms with van der Waals surface area (Å²) >= 11 is 0. The summed E-state index contributed by atoms with van der Waals surface area (Å²) in [5.41, 5.74) is 0. The average Bonchev–Trinajstić information content (AvgIpc) is 3.26. The van der Waals surface area contributed by atoms with Crippen LogP contribution in [0.5, 0.6) is 0 Å². The molecule has 0 aromatic heterocycles. The van der Waals surface area contributed by atoms with Crippen LogP contribution in [-0.2, 0) is 28.6 Å². The molecule has 346 valence electrons. The van der Waals surface area contributed by atoms with Crippen molar-refractivity contribution in [2.45, 2.75) is 219 Å². The number of carbonyl (C=O) groups is 3. The van der Waals surface area contributed by atoms with Crippen molar-refractivity contribution in [2.75, 3.05) is 13.2 Å². The monoisotopic (exact) mass is 847 g/mol. The zero-order valence-corrected chi connectivity index (χ0v) is 39.4. The Morgan fingerprint density at radius 3 is 1.10 bits per heavy atom. The maximum absolute atomic E-state index is 12.8. The predicted octanol–water partition coefficient (Wildman–Crippen LogP) is 16.2. The molecule has 0 rings (SSSR count). The summed E-state index contributed by atoms with van der Waals surface area (Å²) in [7, 11) is 0. The second-order valence-electron chi connectivity index (χ2n) is 16.0. The van der Waals surface area contributed by atoms with Crippen LogP contribution in [0, 0.1) is 0 Å². The van der Waals surface area contributed by atoms with E-state index in [0.29, 0.717) is 12.8 Å². The second kappa shape index (κ2) is 49.0. The van der Waals surface area contributed by atoms with Gasteiger partial charge >= 0.3 is 17.9 Å². The highest BCUT2D eigenvalue weighted by atomic mass is 16.6. The molecule has 0 heterocycles. The lowest BCUT2D eigenvalue weighted by Gasteiger charge is -2.18. The molecule has 0 aliphatic carbocycles. The molecule has 0 bridgehead atoms. The molecule has 0 aromatic rings. The van der Waals surface area contributed by atoms with Crippen molar-refractivity contribution in [3.05, 3.63) is 97.2 Å². The zero-order valence-electron chi connectivity index (χ0n) is 39.4. The van der Waals surface area contributed by atoms with Crippen LogP contribution in [0.25, 0.3) is 0 Å². The van der Waals surface area contributed by atoms with Crippen molar-refractivity contribution >= 4 is 17.9 Å². The van der Waals surface area contributed by atoms with Crippen molar-refractivity contribution in [3.63, 3.8) is 0 Å². The third kappa shape index (κ3) is 47.2. The second-order valence-corrected chi connectivity index (χ2v) is 16.0. The number of hydrogen-bond acceptors (Lipinski definition) is 6. The molecule has 0 spiro atoms. The van der Waals surface area contributed by atoms with Gasteiger partial charge in [0.15, 0.2) is 6.10 Å². The number of allylic oxidation sites excluding steroid dienone is 16. The Morgan fingerprint density at radius 2 is 0.672 bits per heavy atom. The Kier molecular flexibility index (Phi) is 46.0. The first kappa shape index (κ1) is 57.3. The highest BCUT2D eigenvalue weighted by Gasteiger charge is 2.19. The van der Waals surface area contributed by atoms with Gasteiger partial charge in [-0.15, -0.1) is 0 Å². The van der Waals surface area contributed by atoms with Crippen molar-refractivity contribution in [3.8, 4) is 0 Å². The van der Waals surface area contributed by atoms with E-state index >= 15 is 0 Å². The predicted molar refractivity (Wildman–Crippen MR) is 260 cm³/mol. The highest BCUT2D eigenvalue weighted by Crippen LogP contribution is 2.14. The van der Waals surface area contributed by atoms with E-state index in [-0.39, 0.29) is 44.0 Å². The van der Waals surface area contributed by atoms with Gasteiger partial charge in [-0.05, 0) is 83.5 Å². The van der Waals surface area contributed by atoms with E-state index in [1.54, 1.807) is 0 Å². The number of ether oxygens (including phenoxy) is 3. The number of rotatable bonds is 43. The van der Waals surface area contributed by atoms with Crippen molar-refractivity contribution in [1.29, 1.82) is 0 Å². The summed E-state index contributed by atoms with van der Waals surface area (Å²) in [6, 6.07) is 0. The lowest BCUT2D eigenvalue weighted by atomic mass is 10.0. The van der Waals surface area contributed by atoms with Gasteiger partial charge in [0, 0.05) is 19.3 Å². The van der Waals surface area contributed by atoms with Crippen LogP contribution in [0.4, 0.5) is 0 Å². The van der Waals surface area contributed by atoms with E-state index in [1.165, 1.54) is 64.2 Å². The minimum Gasteiger partial charge on any atom is -0.462 e. The van der Waals surface area contributed by atoms with Crippen LogP contribution in [0.15, 0.2) is 97.2 Å². The van der Waals surface area contributed by atoms with Gasteiger partial charge < -0.3 is 14.2 Å². The Labute approximate surface area is 375 Å². The highest BCUT2D eigenvalue weighted by molar-refractivity contribution is 5.71. The third-order valence-corrected chi connectivity index (χ3v) is 10.1. The van der Waals surface area contributed by atoms with Gasteiger partial charge in [0.25, 0.3) is 0 Å². The molecule has 1 unspecified atom stereocenters. The van der Waals surface area contributed by atoms with Crippen LogP contribution in [0.2, 0.25) is 0 Å². The van der Waals surface area contributed by atoms with Gasteiger partial charge in [0.05, 0.1) is 0 Å². The fourth-order valence-corrected chi connectivity index (χ4v) is 6.45. The maximum Gasteiger partial charge on any atom is 0.306 e. The van der Waals surface area contributed by atoms with Crippen LogP contribution < -0.4 is 0 Å². The minimum absolute atomic E-state index is 0.109. The van der Waals surface area contributed by atoms with Crippen LogP contribution >= 0.6 is 0 Å². The van der Waals surface area contributed by atoms with Gasteiger partial charge in [-0.3, -0.25) is 14.4 Å². The molecule has 0 fully saturated rings. The molecule has 0 radical (unpaired) electrons.